The van der Waals surface area contributed by atoms with Crippen LogP contribution in [0, 0.1) is 11.8 Å². The maximum atomic E-state index is 3.78. The van der Waals surface area contributed by atoms with Gasteiger partial charge in [0.25, 0.3) is 0 Å². The maximum absolute atomic E-state index is 3.78. The normalized spacial score (nSPS) is 31.4. The van der Waals surface area contributed by atoms with Crippen molar-refractivity contribution in [2.75, 3.05) is 0 Å². The minimum absolute atomic E-state index is 0.715. The molecule has 2 aliphatic carbocycles. The standard InChI is InChI=1S/C18H27N/c1-13-4-3-5-18(14(13)2)19-12-15-6-8-16(9-7-15)17-10-11-17/h6-9,13-14,17-19H,3-5,10-12H2,1-2H3. The number of nitrogens with one attached hydrogen (secondary N) is 1. The van der Waals surface area contributed by atoms with Gasteiger partial charge in [0.2, 0.25) is 0 Å². The lowest BCUT2D eigenvalue weighted by atomic mass is 9.78. The predicted molar refractivity (Wildman–Crippen MR) is 81.2 cm³/mol. The highest BCUT2D eigenvalue weighted by atomic mass is 14.9. The molecule has 2 saturated carbocycles. The van der Waals surface area contributed by atoms with Crippen molar-refractivity contribution in [1.29, 1.82) is 0 Å². The molecule has 0 bridgehead atoms. The van der Waals surface area contributed by atoms with Gasteiger partial charge in [-0.2, -0.15) is 0 Å². The molecule has 3 atom stereocenters. The Morgan fingerprint density at radius 1 is 1.00 bits per heavy atom. The van der Waals surface area contributed by atoms with Gasteiger partial charge in [0.15, 0.2) is 0 Å². The monoisotopic (exact) mass is 257 g/mol. The Labute approximate surface area is 117 Å². The molecule has 2 fully saturated rings. The maximum Gasteiger partial charge on any atom is 0.0208 e. The topological polar surface area (TPSA) is 12.0 Å². The molecule has 1 aromatic rings. The Bertz CT molecular complexity index is 404. The van der Waals surface area contributed by atoms with Crippen LogP contribution in [0.1, 0.15) is 63.0 Å². The smallest absolute Gasteiger partial charge is 0.0208 e. The summed E-state index contributed by atoms with van der Waals surface area (Å²) in [5, 5.41) is 3.78. The fourth-order valence-electron chi connectivity index (χ4n) is 3.44. The Morgan fingerprint density at radius 2 is 1.74 bits per heavy atom. The SMILES string of the molecule is CC1CCCC(NCc2ccc(C3CC3)cc2)C1C. The first kappa shape index (κ1) is 13.2. The van der Waals surface area contributed by atoms with Crippen molar-refractivity contribution >= 4 is 0 Å². The third-order valence-corrected chi connectivity index (χ3v) is 5.30. The van der Waals surface area contributed by atoms with E-state index in [0.29, 0.717) is 6.04 Å². The van der Waals surface area contributed by atoms with Gasteiger partial charge in [0.1, 0.15) is 0 Å². The zero-order chi connectivity index (χ0) is 13.2. The Balaban J connectivity index is 1.53. The second-order valence-electron chi connectivity index (χ2n) is 6.77. The molecule has 1 aromatic carbocycles. The molecule has 2 aliphatic rings. The third kappa shape index (κ3) is 3.20. The summed E-state index contributed by atoms with van der Waals surface area (Å²) >= 11 is 0. The van der Waals surface area contributed by atoms with Crippen LogP contribution in [0.15, 0.2) is 24.3 Å². The Morgan fingerprint density at radius 3 is 2.42 bits per heavy atom. The molecule has 0 radical (unpaired) electrons. The summed E-state index contributed by atoms with van der Waals surface area (Å²) in [5.74, 6) is 2.57. The zero-order valence-electron chi connectivity index (χ0n) is 12.4. The molecule has 1 nitrogen and oxygen atoms in total. The molecule has 104 valence electrons. The molecule has 0 aliphatic heterocycles. The lowest BCUT2D eigenvalue weighted by molar-refractivity contribution is 0.206. The first-order chi connectivity index (χ1) is 9.24. The molecular weight excluding hydrogens is 230 g/mol. The summed E-state index contributed by atoms with van der Waals surface area (Å²) < 4.78 is 0. The van der Waals surface area contributed by atoms with Gasteiger partial charge >= 0.3 is 0 Å². The summed E-state index contributed by atoms with van der Waals surface area (Å²) in [6.07, 6.45) is 6.95. The van der Waals surface area contributed by atoms with E-state index in [1.54, 1.807) is 5.56 Å². The summed E-state index contributed by atoms with van der Waals surface area (Å²) in [5.41, 5.74) is 2.98. The van der Waals surface area contributed by atoms with Gasteiger partial charge in [0, 0.05) is 12.6 Å². The quantitative estimate of drug-likeness (QED) is 0.838. The lowest BCUT2D eigenvalue weighted by Crippen LogP contribution is -2.40. The van der Waals surface area contributed by atoms with Crippen LogP contribution in [0.25, 0.3) is 0 Å². The molecule has 1 N–H and O–H groups in total. The van der Waals surface area contributed by atoms with E-state index in [0.717, 1.165) is 24.3 Å². The Kier molecular flexibility index (Phi) is 3.93. The zero-order valence-corrected chi connectivity index (χ0v) is 12.4. The number of benzene rings is 1. The second-order valence-corrected chi connectivity index (χ2v) is 6.77. The van der Waals surface area contributed by atoms with Crippen molar-refractivity contribution in [1.82, 2.24) is 5.32 Å². The van der Waals surface area contributed by atoms with Crippen LogP contribution in [0.4, 0.5) is 0 Å². The minimum Gasteiger partial charge on any atom is -0.310 e. The molecule has 0 aromatic heterocycles. The molecule has 0 amide bonds. The number of hydrogen-bond donors (Lipinski definition) is 1. The fraction of sp³-hybridized carbons (Fsp3) is 0.667. The van der Waals surface area contributed by atoms with Crippen LogP contribution >= 0.6 is 0 Å². The van der Waals surface area contributed by atoms with Crippen LogP contribution in [-0.4, -0.2) is 6.04 Å². The van der Waals surface area contributed by atoms with Crippen LogP contribution < -0.4 is 5.32 Å². The second kappa shape index (κ2) is 5.66. The molecule has 0 saturated heterocycles. The van der Waals surface area contributed by atoms with E-state index in [1.165, 1.54) is 37.7 Å². The highest BCUT2D eigenvalue weighted by molar-refractivity contribution is 5.28. The van der Waals surface area contributed by atoms with E-state index in [4.69, 9.17) is 0 Å². The van der Waals surface area contributed by atoms with Gasteiger partial charge in [-0.1, -0.05) is 51.0 Å². The van der Waals surface area contributed by atoms with E-state index >= 15 is 0 Å². The van der Waals surface area contributed by atoms with E-state index in [-0.39, 0.29) is 0 Å². The largest absolute Gasteiger partial charge is 0.310 e. The van der Waals surface area contributed by atoms with Crippen LogP contribution in [0.5, 0.6) is 0 Å². The summed E-state index contributed by atoms with van der Waals surface area (Å²) in [6, 6.07) is 10.0. The van der Waals surface area contributed by atoms with E-state index in [9.17, 15) is 0 Å². The average molecular weight is 257 g/mol. The van der Waals surface area contributed by atoms with Crippen molar-refractivity contribution < 1.29 is 0 Å². The van der Waals surface area contributed by atoms with E-state index < -0.39 is 0 Å². The van der Waals surface area contributed by atoms with Gasteiger partial charge in [-0.3, -0.25) is 0 Å². The van der Waals surface area contributed by atoms with Crippen molar-refractivity contribution in [2.45, 2.75) is 64.5 Å². The summed E-state index contributed by atoms with van der Waals surface area (Å²) in [6.45, 7) is 5.85. The summed E-state index contributed by atoms with van der Waals surface area (Å²) in [4.78, 5) is 0. The summed E-state index contributed by atoms with van der Waals surface area (Å²) in [7, 11) is 0. The highest BCUT2D eigenvalue weighted by Crippen LogP contribution is 2.39. The van der Waals surface area contributed by atoms with Gasteiger partial charge in [-0.05, 0) is 48.1 Å². The average Bonchev–Trinajstić information content (AvgIpc) is 3.26. The van der Waals surface area contributed by atoms with Crippen molar-refractivity contribution in [3.05, 3.63) is 35.4 Å². The first-order valence-electron chi connectivity index (χ1n) is 8.06. The van der Waals surface area contributed by atoms with Crippen molar-refractivity contribution in [3.63, 3.8) is 0 Å². The van der Waals surface area contributed by atoms with Crippen molar-refractivity contribution in [3.8, 4) is 0 Å². The van der Waals surface area contributed by atoms with Crippen LogP contribution in [-0.2, 0) is 6.54 Å². The molecule has 19 heavy (non-hydrogen) atoms. The minimum atomic E-state index is 0.715. The van der Waals surface area contributed by atoms with Gasteiger partial charge in [0.05, 0.1) is 0 Å². The van der Waals surface area contributed by atoms with Gasteiger partial charge in [-0.15, -0.1) is 0 Å². The first-order valence-corrected chi connectivity index (χ1v) is 8.06. The fourth-order valence-corrected chi connectivity index (χ4v) is 3.44. The van der Waals surface area contributed by atoms with Crippen LogP contribution in [0.2, 0.25) is 0 Å². The molecular formula is C18H27N. The predicted octanol–water partition coefficient (Wildman–Crippen LogP) is 4.48. The molecule has 1 heteroatoms. The number of hydrogen-bond acceptors (Lipinski definition) is 1. The molecule has 0 heterocycles. The van der Waals surface area contributed by atoms with Crippen molar-refractivity contribution in [2.24, 2.45) is 11.8 Å². The van der Waals surface area contributed by atoms with Crippen LogP contribution in [0.3, 0.4) is 0 Å². The Hall–Kier alpha value is -0.820. The molecule has 0 spiro atoms. The lowest BCUT2D eigenvalue weighted by Gasteiger charge is -2.34. The number of rotatable bonds is 4. The van der Waals surface area contributed by atoms with Gasteiger partial charge < -0.3 is 5.32 Å². The molecule has 3 unspecified atom stereocenters. The van der Waals surface area contributed by atoms with E-state index in [1.807, 2.05) is 0 Å². The van der Waals surface area contributed by atoms with E-state index in [2.05, 4.69) is 43.4 Å². The van der Waals surface area contributed by atoms with Gasteiger partial charge in [-0.25, -0.2) is 0 Å². The molecule has 3 rings (SSSR count). The highest BCUT2D eigenvalue weighted by Gasteiger charge is 2.26. The third-order valence-electron chi connectivity index (χ3n) is 5.30.